The Kier molecular flexibility index (Phi) is 5.38. The van der Waals surface area contributed by atoms with E-state index in [-0.39, 0.29) is 18.0 Å². The van der Waals surface area contributed by atoms with Crippen molar-refractivity contribution in [3.05, 3.63) is 54.3 Å². The van der Waals surface area contributed by atoms with Crippen molar-refractivity contribution in [3.63, 3.8) is 0 Å². The molecule has 25 heavy (non-hydrogen) atoms. The number of halogens is 1. The molecule has 0 radical (unpaired) electrons. The average molecular weight is 344 g/mol. The number of rotatable bonds is 5. The molecule has 0 fully saturated rings. The molecule has 1 atom stereocenters. The molecule has 0 bridgehead atoms. The van der Waals surface area contributed by atoms with Gasteiger partial charge in [0.1, 0.15) is 12.4 Å². The molecule has 0 unspecified atom stereocenters. The summed E-state index contributed by atoms with van der Waals surface area (Å²) < 4.78 is 24.6. The summed E-state index contributed by atoms with van der Waals surface area (Å²) in [5, 5.41) is 2.79. The lowest BCUT2D eigenvalue weighted by Crippen LogP contribution is -2.45. The van der Waals surface area contributed by atoms with Gasteiger partial charge in [-0.2, -0.15) is 0 Å². The van der Waals surface area contributed by atoms with Crippen molar-refractivity contribution in [2.24, 2.45) is 0 Å². The Morgan fingerprint density at radius 2 is 1.92 bits per heavy atom. The van der Waals surface area contributed by atoms with Crippen LogP contribution in [0.5, 0.6) is 11.5 Å². The minimum Gasteiger partial charge on any atom is -0.486 e. The number of nitrogens with one attached hydrogen (secondary N) is 1. The van der Waals surface area contributed by atoms with E-state index < -0.39 is 0 Å². The number of nitrogens with zero attached hydrogens (tertiary/aromatic N) is 1. The highest BCUT2D eigenvalue weighted by Gasteiger charge is 2.25. The van der Waals surface area contributed by atoms with Crippen molar-refractivity contribution >= 4 is 11.7 Å². The quantitative estimate of drug-likeness (QED) is 0.895. The predicted molar refractivity (Wildman–Crippen MR) is 93.6 cm³/mol. The maximum Gasteiger partial charge on any atom is 0.321 e. The highest BCUT2D eigenvalue weighted by Crippen LogP contribution is 2.31. The number of carbonyl (C=O) groups excluding carboxylic acids is 1. The third kappa shape index (κ3) is 4.41. The molecule has 2 aromatic carbocycles. The largest absolute Gasteiger partial charge is 0.486 e. The zero-order valence-electron chi connectivity index (χ0n) is 14.1. The number of benzene rings is 2. The van der Waals surface area contributed by atoms with Crippen LogP contribution in [0.15, 0.2) is 48.5 Å². The van der Waals surface area contributed by atoms with E-state index in [1.165, 1.54) is 24.3 Å². The maximum absolute atomic E-state index is 13.0. The SMILES string of the molecule is CCCN(C[C@H]1COc2ccccc2O1)C(=O)Nc1ccc(F)cc1. The fourth-order valence-electron chi connectivity index (χ4n) is 2.68. The van der Waals surface area contributed by atoms with Gasteiger partial charge in [-0.1, -0.05) is 19.1 Å². The molecular weight excluding hydrogens is 323 g/mol. The van der Waals surface area contributed by atoms with E-state index in [2.05, 4.69) is 5.32 Å². The highest BCUT2D eigenvalue weighted by atomic mass is 19.1. The minimum absolute atomic E-state index is 0.236. The first-order valence-corrected chi connectivity index (χ1v) is 8.35. The van der Waals surface area contributed by atoms with Crippen molar-refractivity contribution in [2.75, 3.05) is 25.0 Å². The van der Waals surface area contributed by atoms with E-state index in [0.717, 1.165) is 12.2 Å². The Balaban J connectivity index is 1.63. The number of hydrogen-bond donors (Lipinski definition) is 1. The molecule has 1 aliphatic rings. The topological polar surface area (TPSA) is 50.8 Å². The first kappa shape index (κ1) is 17.1. The summed E-state index contributed by atoms with van der Waals surface area (Å²) in [6, 6.07) is 12.9. The first-order chi connectivity index (χ1) is 12.2. The van der Waals surface area contributed by atoms with Gasteiger partial charge in [0, 0.05) is 12.2 Å². The number of fused-ring (bicyclic) bond motifs is 1. The molecule has 0 spiro atoms. The Labute approximate surface area is 146 Å². The average Bonchev–Trinajstić information content (AvgIpc) is 2.63. The predicted octanol–water partition coefficient (Wildman–Crippen LogP) is 3.91. The number of hydrogen-bond acceptors (Lipinski definition) is 3. The first-order valence-electron chi connectivity index (χ1n) is 8.35. The zero-order chi connectivity index (χ0) is 17.6. The van der Waals surface area contributed by atoms with Gasteiger partial charge in [-0.05, 0) is 42.8 Å². The standard InChI is InChI=1S/C19H21FN2O3/c1-2-11-22(19(23)21-15-9-7-14(20)8-10-15)12-16-13-24-17-5-3-4-6-18(17)25-16/h3-10,16H,2,11-13H2,1H3,(H,21,23)/t16-/m0/s1. The zero-order valence-corrected chi connectivity index (χ0v) is 14.1. The van der Waals surface area contributed by atoms with Gasteiger partial charge in [0.25, 0.3) is 0 Å². The normalized spacial score (nSPS) is 15.5. The Hall–Kier alpha value is -2.76. The lowest BCUT2D eigenvalue weighted by Gasteiger charge is -2.31. The number of para-hydroxylation sites is 2. The van der Waals surface area contributed by atoms with Crippen LogP contribution < -0.4 is 14.8 Å². The van der Waals surface area contributed by atoms with E-state index in [1.807, 2.05) is 31.2 Å². The van der Waals surface area contributed by atoms with Crippen LogP contribution >= 0.6 is 0 Å². The maximum atomic E-state index is 13.0. The number of carbonyl (C=O) groups is 1. The van der Waals surface area contributed by atoms with Gasteiger partial charge < -0.3 is 19.7 Å². The molecule has 6 heteroatoms. The number of ether oxygens (including phenoxy) is 2. The molecule has 2 amide bonds. The molecule has 5 nitrogen and oxygen atoms in total. The van der Waals surface area contributed by atoms with Crippen LogP contribution in [0.4, 0.5) is 14.9 Å². The van der Waals surface area contributed by atoms with Gasteiger partial charge in [0.05, 0.1) is 6.54 Å². The molecule has 2 aromatic rings. The van der Waals surface area contributed by atoms with Crippen molar-refractivity contribution in [1.29, 1.82) is 0 Å². The second kappa shape index (κ2) is 7.88. The Morgan fingerprint density at radius 1 is 1.20 bits per heavy atom. The Morgan fingerprint density at radius 3 is 2.64 bits per heavy atom. The molecule has 0 aromatic heterocycles. The fourth-order valence-corrected chi connectivity index (χ4v) is 2.68. The van der Waals surface area contributed by atoms with Gasteiger partial charge in [0.15, 0.2) is 17.6 Å². The van der Waals surface area contributed by atoms with Gasteiger partial charge in [-0.15, -0.1) is 0 Å². The number of anilines is 1. The van der Waals surface area contributed by atoms with Crippen molar-refractivity contribution in [2.45, 2.75) is 19.4 Å². The van der Waals surface area contributed by atoms with Crippen LogP contribution in [0.3, 0.4) is 0 Å². The summed E-state index contributed by atoms with van der Waals surface area (Å²) >= 11 is 0. The van der Waals surface area contributed by atoms with Crippen LogP contribution in [0.1, 0.15) is 13.3 Å². The van der Waals surface area contributed by atoms with E-state index in [4.69, 9.17) is 9.47 Å². The fraction of sp³-hybridized carbons (Fsp3) is 0.316. The van der Waals surface area contributed by atoms with Gasteiger partial charge >= 0.3 is 6.03 Å². The molecule has 1 heterocycles. The minimum atomic E-state index is -0.338. The monoisotopic (exact) mass is 344 g/mol. The van der Waals surface area contributed by atoms with E-state index >= 15 is 0 Å². The molecule has 1 aliphatic heterocycles. The molecule has 1 N–H and O–H groups in total. The third-order valence-electron chi connectivity index (χ3n) is 3.87. The summed E-state index contributed by atoms with van der Waals surface area (Å²) in [6.45, 7) is 3.40. The summed E-state index contributed by atoms with van der Waals surface area (Å²) in [6.07, 6.45) is 0.585. The summed E-state index contributed by atoms with van der Waals surface area (Å²) in [7, 11) is 0. The summed E-state index contributed by atoms with van der Waals surface area (Å²) in [5.74, 6) is 1.07. The molecule has 3 rings (SSSR count). The molecule has 132 valence electrons. The van der Waals surface area contributed by atoms with E-state index in [9.17, 15) is 9.18 Å². The second-order valence-electron chi connectivity index (χ2n) is 5.88. The van der Waals surface area contributed by atoms with Gasteiger partial charge in [0.2, 0.25) is 0 Å². The lowest BCUT2D eigenvalue weighted by atomic mass is 10.2. The smallest absolute Gasteiger partial charge is 0.321 e. The van der Waals surface area contributed by atoms with Crippen molar-refractivity contribution < 1.29 is 18.7 Å². The molecule has 0 aliphatic carbocycles. The summed E-state index contributed by atoms with van der Waals surface area (Å²) in [4.78, 5) is 14.2. The highest BCUT2D eigenvalue weighted by molar-refractivity contribution is 5.89. The van der Waals surface area contributed by atoms with Crippen LogP contribution in [0, 0.1) is 5.82 Å². The van der Waals surface area contributed by atoms with Crippen LogP contribution in [0.2, 0.25) is 0 Å². The van der Waals surface area contributed by atoms with Gasteiger partial charge in [-0.3, -0.25) is 0 Å². The molecular formula is C19H21FN2O3. The second-order valence-corrected chi connectivity index (χ2v) is 5.88. The third-order valence-corrected chi connectivity index (χ3v) is 3.87. The molecule has 0 saturated heterocycles. The molecule has 0 saturated carbocycles. The van der Waals surface area contributed by atoms with Crippen molar-refractivity contribution in [1.82, 2.24) is 4.90 Å². The van der Waals surface area contributed by atoms with Crippen LogP contribution in [-0.4, -0.2) is 36.7 Å². The van der Waals surface area contributed by atoms with E-state index in [0.29, 0.717) is 31.1 Å². The van der Waals surface area contributed by atoms with Crippen molar-refractivity contribution in [3.8, 4) is 11.5 Å². The number of urea groups is 1. The van der Waals surface area contributed by atoms with Crippen LogP contribution in [-0.2, 0) is 0 Å². The van der Waals surface area contributed by atoms with Crippen LogP contribution in [0.25, 0.3) is 0 Å². The number of amides is 2. The summed E-state index contributed by atoms with van der Waals surface area (Å²) in [5.41, 5.74) is 0.554. The van der Waals surface area contributed by atoms with Gasteiger partial charge in [-0.25, -0.2) is 9.18 Å². The lowest BCUT2D eigenvalue weighted by molar-refractivity contribution is 0.0682. The Bertz CT molecular complexity index is 721. The van der Waals surface area contributed by atoms with E-state index in [1.54, 1.807) is 4.90 Å².